The highest BCUT2D eigenvalue weighted by atomic mass is 16.4. The second kappa shape index (κ2) is 12.9. The van der Waals surface area contributed by atoms with Gasteiger partial charge in [0.2, 0.25) is 17.7 Å². The zero-order valence-electron chi connectivity index (χ0n) is 21.7. The first kappa shape index (κ1) is 28.4. The summed E-state index contributed by atoms with van der Waals surface area (Å²) in [5.41, 5.74) is 8.10. The van der Waals surface area contributed by atoms with Crippen molar-refractivity contribution >= 4 is 34.6 Å². The van der Waals surface area contributed by atoms with E-state index in [1.54, 1.807) is 6.20 Å². The monoisotopic (exact) mass is 525 g/mol. The molecule has 12 nitrogen and oxygen atoms in total. The third kappa shape index (κ3) is 7.19. The lowest BCUT2D eigenvalue weighted by Crippen LogP contribution is -2.57. The number of rotatable bonds is 13. The summed E-state index contributed by atoms with van der Waals surface area (Å²) in [6, 6.07) is 3.33. The molecular weight excluding hydrogens is 490 g/mol. The molecule has 0 aliphatic rings. The van der Waals surface area contributed by atoms with E-state index < -0.39 is 47.9 Å². The van der Waals surface area contributed by atoms with Crippen LogP contribution in [0.2, 0.25) is 0 Å². The van der Waals surface area contributed by atoms with E-state index >= 15 is 0 Å². The van der Waals surface area contributed by atoms with Crippen LogP contribution in [0.25, 0.3) is 10.9 Å². The van der Waals surface area contributed by atoms with Gasteiger partial charge in [0, 0.05) is 41.8 Å². The fourth-order valence-corrected chi connectivity index (χ4v) is 4.00. The number of aromatic amines is 2. The van der Waals surface area contributed by atoms with Crippen molar-refractivity contribution in [1.29, 1.82) is 0 Å². The Morgan fingerprint density at radius 3 is 2.34 bits per heavy atom. The zero-order chi connectivity index (χ0) is 27.8. The summed E-state index contributed by atoms with van der Waals surface area (Å²) >= 11 is 0. The van der Waals surface area contributed by atoms with Crippen LogP contribution in [0.15, 0.2) is 43.0 Å². The minimum absolute atomic E-state index is 0.0318. The Labute approximate surface area is 220 Å². The highest BCUT2D eigenvalue weighted by Gasteiger charge is 2.30. The van der Waals surface area contributed by atoms with Gasteiger partial charge in [0.15, 0.2) is 0 Å². The Morgan fingerprint density at radius 1 is 0.974 bits per heavy atom. The van der Waals surface area contributed by atoms with E-state index in [2.05, 4.69) is 30.9 Å². The Kier molecular flexibility index (Phi) is 9.61. The van der Waals surface area contributed by atoms with Crippen molar-refractivity contribution in [3.8, 4) is 0 Å². The first-order chi connectivity index (χ1) is 18.1. The average Bonchev–Trinajstić information content (AvgIpc) is 3.56. The van der Waals surface area contributed by atoms with E-state index in [0.29, 0.717) is 12.1 Å². The van der Waals surface area contributed by atoms with Crippen LogP contribution in [0.1, 0.15) is 38.4 Å². The second-order valence-corrected chi connectivity index (χ2v) is 9.45. The molecule has 3 rings (SSSR count). The summed E-state index contributed by atoms with van der Waals surface area (Å²) in [5.74, 6) is -3.06. The van der Waals surface area contributed by atoms with E-state index in [-0.39, 0.29) is 18.8 Å². The number of carboxylic acids is 1. The predicted molar refractivity (Wildman–Crippen MR) is 141 cm³/mol. The minimum Gasteiger partial charge on any atom is -0.480 e. The number of carbonyl (C=O) groups is 4. The molecule has 3 aromatic rings. The number of para-hydroxylation sites is 1. The predicted octanol–water partition coefficient (Wildman–Crippen LogP) is 0.609. The van der Waals surface area contributed by atoms with Gasteiger partial charge in [-0.15, -0.1) is 0 Å². The van der Waals surface area contributed by atoms with Crippen LogP contribution in [0, 0.1) is 5.92 Å². The third-order valence-electron chi connectivity index (χ3n) is 6.64. The van der Waals surface area contributed by atoms with Gasteiger partial charge in [-0.1, -0.05) is 38.5 Å². The fraction of sp³-hybridized carbons (Fsp3) is 0.423. The van der Waals surface area contributed by atoms with Gasteiger partial charge in [0.1, 0.15) is 18.1 Å². The normalized spacial score (nSPS) is 15.2. The van der Waals surface area contributed by atoms with E-state index in [1.165, 1.54) is 19.4 Å². The maximum absolute atomic E-state index is 13.3. The van der Waals surface area contributed by atoms with Gasteiger partial charge in [0.05, 0.1) is 12.4 Å². The molecule has 2 aromatic heterocycles. The Bertz CT molecular complexity index is 1260. The van der Waals surface area contributed by atoms with E-state index in [4.69, 9.17) is 5.73 Å². The van der Waals surface area contributed by atoms with Crippen LogP contribution in [0.5, 0.6) is 0 Å². The molecule has 0 aliphatic heterocycles. The SMILES string of the molecule is CCC(C)C(N)C(=O)NC(C)C(=O)NC(Cc1cnc[nH]1)C(=O)NC(Cc1c[nH]c2ccccc12)C(=O)O. The van der Waals surface area contributed by atoms with Crippen LogP contribution in [0.3, 0.4) is 0 Å². The molecule has 0 bridgehead atoms. The molecule has 38 heavy (non-hydrogen) atoms. The molecular formula is C26H35N7O5. The van der Waals surface area contributed by atoms with Crippen molar-refractivity contribution in [3.63, 3.8) is 0 Å². The standard InChI is InChI=1S/C26H35N7O5/c1-4-14(2)22(27)25(36)31-15(3)23(34)32-20(10-17-12-28-13-30-17)24(35)33-21(26(37)38)9-16-11-29-19-8-6-5-7-18(16)19/h5-8,11-15,20-22,29H,4,9-10,27H2,1-3H3,(H,28,30)(H,31,36)(H,32,34)(H,33,35)(H,37,38). The molecule has 0 fully saturated rings. The summed E-state index contributed by atoms with van der Waals surface area (Å²) in [6.07, 6.45) is 5.42. The number of hydrogen-bond donors (Lipinski definition) is 7. The molecule has 2 heterocycles. The molecule has 0 saturated heterocycles. The Balaban J connectivity index is 1.72. The van der Waals surface area contributed by atoms with Gasteiger partial charge in [-0.05, 0) is 24.5 Å². The van der Waals surface area contributed by atoms with Crippen LogP contribution in [-0.2, 0) is 32.0 Å². The van der Waals surface area contributed by atoms with Crippen LogP contribution < -0.4 is 21.7 Å². The molecule has 5 unspecified atom stereocenters. The first-order valence-electron chi connectivity index (χ1n) is 12.5. The number of H-pyrrole nitrogens is 2. The topological polar surface area (TPSA) is 195 Å². The van der Waals surface area contributed by atoms with Gasteiger partial charge < -0.3 is 36.8 Å². The Hall–Kier alpha value is -4.19. The number of fused-ring (bicyclic) bond motifs is 1. The molecule has 204 valence electrons. The highest BCUT2D eigenvalue weighted by molar-refractivity contribution is 5.94. The number of hydrogen-bond acceptors (Lipinski definition) is 6. The van der Waals surface area contributed by atoms with Crippen molar-refractivity contribution in [2.45, 2.75) is 64.2 Å². The number of carboxylic acid groups (broad SMARTS) is 1. The van der Waals surface area contributed by atoms with Crippen LogP contribution >= 0.6 is 0 Å². The number of amides is 3. The smallest absolute Gasteiger partial charge is 0.326 e. The molecule has 0 aliphatic carbocycles. The summed E-state index contributed by atoms with van der Waals surface area (Å²) in [6.45, 7) is 5.24. The number of aliphatic carboxylic acids is 1. The van der Waals surface area contributed by atoms with Gasteiger partial charge in [0.25, 0.3) is 0 Å². The number of nitrogens with one attached hydrogen (secondary N) is 5. The second-order valence-electron chi connectivity index (χ2n) is 9.45. The average molecular weight is 526 g/mol. The summed E-state index contributed by atoms with van der Waals surface area (Å²) in [4.78, 5) is 60.5. The zero-order valence-corrected chi connectivity index (χ0v) is 21.7. The van der Waals surface area contributed by atoms with Crippen molar-refractivity contribution < 1.29 is 24.3 Å². The molecule has 12 heteroatoms. The van der Waals surface area contributed by atoms with Crippen molar-refractivity contribution in [2.75, 3.05) is 0 Å². The summed E-state index contributed by atoms with van der Waals surface area (Å²) < 4.78 is 0. The van der Waals surface area contributed by atoms with Gasteiger partial charge in [-0.3, -0.25) is 14.4 Å². The third-order valence-corrected chi connectivity index (χ3v) is 6.64. The summed E-state index contributed by atoms with van der Waals surface area (Å²) in [5, 5.41) is 18.4. The maximum atomic E-state index is 13.3. The Morgan fingerprint density at radius 2 is 1.68 bits per heavy atom. The number of imidazole rings is 1. The lowest BCUT2D eigenvalue weighted by Gasteiger charge is -2.24. The highest BCUT2D eigenvalue weighted by Crippen LogP contribution is 2.19. The molecule has 0 radical (unpaired) electrons. The molecule has 0 spiro atoms. The van der Waals surface area contributed by atoms with Gasteiger partial charge >= 0.3 is 5.97 Å². The largest absolute Gasteiger partial charge is 0.480 e. The number of nitrogens with zero attached hydrogens (tertiary/aromatic N) is 1. The molecule has 1 aromatic carbocycles. The quantitative estimate of drug-likeness (QED) is 0.170. The van der Waals surface area contributed by atoms with Gasteiger partial charge in [-0.2, -0.15) is 0 Å². The summed E-state index contributed by atoms with van der Waals surface area (Å²) in [7, 11) is 0. The van der Waals surface area contributed by atoms with Gasteiger partial charge in [-0.25, -0.2) is 9.78 Å². The lowest BCUT2D eigenvalue weighted by atomic mass is 9.99. The molecule has 3 amide bonds. The van der Waals surface area contributed by atoms with Crippen LogP contribution in [0.4, 0.5) is 0 Å². The van der Waals surface area contributed by atoms with Crippen molar-refractivity contribution in [2.24, 2.45) is 11.7 Å². The molecule has 5 atom stereocenters. The van der Waals surface area contributed by atoms with Crippen molar-refractivity contribution in [1.82, 2.24) is 30.9 Å². The molecule has 8 N–H and O–H groups in total. The molecule has 0 saturated carbocycles. The first-order valence-corrected chi connectivity index (χ1v) is 12.5. The van der Waals surface area contributed by atoms with E-state index in [9.17, 15) is 24.3 Å². The maximum Gasteiger partial charge on any atom is 0.326 e. The number of carbonyl (C=O) groups excluding carboxylic acids is 3. The van der Waals surface area contributed by atoms with Crippen molar-refractivity contribution in [3.05, 3.63) is 54.2 Å². The number of nitrogens with two attached hydrogens (primary N) is 1. The van der Waals surface area contributed by atoms with Crippen LogP contribution in [-0.4, -0.2) is 67.9 Å². The lowest BCUT2D eigenvalue weighted by molar-refractivity contribution is -0.142. The minimum atomic E-state index is -1.24. The van der Waals surface area contributed by atoms with E-state index in [0.717, 1.165) is 16.5 Å². The number of aromatic nitrogens is 3. The fourth-order valence-electron chi connectivity index (χ4n) is 4.00. The number of benzene rings is 1. The van der Waals surface area contributed by atoms with E-state index in [1.807, 2.05) is 38.1 Å².